The van der Waals surface area contributed by atoms with Crippen molar-refractivity contribution < 1.29 is 31.1 Å². The van der Waals surface area contributed by atoms with E-state index in [1.54, 1.807) is 4.90 Å². The molecule has 0 saturated carbocycles. The van der Waals surface area contributed by atoms with Gasteiger partial charge in [-0.25, -0.2) is 8.42 Å². The predicted molar refractivity (Wildman–Crippen MR) is 112 cm³/mol. The van der Waals surface area contributed by atoms with E-state index >= 15 is 0 Å². The Balaban J connectivity index is 1.58. The molecule has 0 N–H and O–H groups in total. The fourth-order valence-corrected chi connectivity index (χ4v) is 5.18. The highest BCUT2D eigenvalue weighted by atomic mass is 32.2. The molecule has 0 aliphatic carbocycles. The molecule has 174 valence electrons. The second-order valence-corrected chi connectivity index (χ2v) is 9.69. The second-order valence-electron chi connectivity index (χ2n) is 7.75. The van der Waals surface area contributed by atoms with Crippen molar-refractivity contribution in [2.75, 3.05) is 19.6 Å². The number of piperidine rings is 1. The number of benzene rings is 2. The summed E-state index contributed by atoms with van der Waals surface area (Å²) in [4.78, 5) is 13.8. The monoisotopic (exact) mass is 470 g/mol. The third kappa shape index (κ3) is 6.46. The first-order chi connectivity index (χ1) is 15.0. The van der Waals surface area contributed by atoms with E-state index in [-0.39, 0.29) is 29.8 Å². The molecule has 32 heavy (non-hydrogen) atoms. The van der Waals surface area contributed by atoms with Crippen LogP contribution in [0.4, 0.5) is 13.2 Å². The summed E-state index contributed by atoms with van der Waals surface area (Å²) in [6, 6.07) is 13.8. The lowest BCUT2D eigenvalue weighted by Crippen LogP contribution is -2.42. The van der Waals surface area contributed by atoms with Crippen LogP contribution < -0.4 is 4.74 Å². The normalized spacial score (nSPS) is 16.0. The zero-order valence-corrected chi connectivity index (χ0v) is 18.4. The Morgan fingerprint density at radius 3 is 2.19 bits per heavy atom. The highest BCUT2D eigenvalue weighted by Gasteiger charge is 2.33. The summed E-state index contributed by atoms with van der Waals surface area (Å²) in [5.74, 6) is -0.348. The molecule has 1 fully saturated rings. The number of halogens is 3. The molecule has 0 atom stereocenters. The number of sulfonamides is 1. The molecule has 0 aromatic heterocycles. The van der Waals surface area contributed by atoms with Crippen molar-refractivity contribution in [1.29, 1.82) is 0 Å². The Kier molecular flexibility index (Phi) is 7.45. The third-order valence-electron chi connectivity index (χ3n) is 5.41. The quantitative estimate of drug-likeness (QED) is 0.613. The molecular formula is C22H25F3N2O4S. The van der Waals surface area contributed by atoms with Crippen LogP contribution in [0.15, 0.2) is 59.5 Å². The Hall–Kier alpha value is -2.59. The number of hydrogen-bond acceptors (Lipinski definition) is 4. The van der Waals surface area contributed by atoms with E-state index in [0.29, 0.717) is 25.9 Å². The van der Waals surface area contributed by atoms with Gasteiger partial charge in [-0.3, -0.25) is 4.79 Å². The maximum atomic E-state index is 12.9. The number of rotatable bonds is 7. The van der Waals surface area contributed by atoms with Gasteiger partial charge in [-0.05, 0) is 48.6 Å². The summed E-state index contributed by atoms with van der Waals surface area (Å²) in [5, 5.41) is 0. The summed E-state index contributed by atoms with van der Waals surface area (Å²) in [6.45, 7) is 3.13. The summed E-state index contributed by atoms with van der Waals surface area (Å²) >= 11 is 0. The van der Waals surface area contributed by atoms with E-state index in [0.717, 1.165) is 29.8 Å². The van der Waals surface area contributed by atoms with Crippen LogP contribution in [0.1, 0.15) is 25.3 Å². The average molecular weight is 471 g/mol. The number of ether oxygens (including phenoxy) is 1. The smallest absolute Gasteiger partial charge is 0.406 e. The maximum Gasteiger partial charge on any atom is 0.573 e. The van der Waals surface area contributed by atoms with Gasteiger partial charge in [0.05, 0.1) is 4.90 Å². The fraction of sp³-hybridized carbons (Fsp3) is 0.409. The highest BCUT2D eigenvalue weighted by molar-refractivity contribution is 7.89. The van der Waals surface area contributed by atoms with Crippen LogP contribution in [-0.4, -0.2) is 49.5 Å². The molecule has 0 spiro atoms. The minimum absolute atomic E-state index is 0.0370. The SMILES string of the molecule is CC(=O)N(Cc1ccccc1)CC1CCN(S(=O)(=O)c2ccc(OC(F)(F)F)cc2)CC1. The molecule has 0 radical (unpaired) electrons. The minimum Gasteiger partial charge on any atom is -0.406 e. The third-order valence-corrected chi connectivity index (χ3v) is 7.32. The zero-order chi connectivity index (χ0) is 23.4. The molecule has 1 heterocycles. The molecule has 1 aliphatic heterocycles. The van der Waals surface area contributed by atoms with Gasteiger partial charge in [-0.2, -0.15) is 4.31 Å². The lowest BCUT2D eigenvalue weighted by molar-refractivity contribution is -0.274. The molecule has 3 rings (SSSR count). The summed E-state index contributed by atoms with van der Waals surface area (Å²) in [6.07, 6.45) is -3.66. The van der Waals surface area contributed by atoms with Crippen molar-refractivity contribution >= 4 is 15.9 Å². The molecule has 1 saturated heterocycles. The summed E-state index contributed by atoms with van der Waals surface area (Å²) in [7, 11) is -3.82. The minimum atomic E-state index is -4.84. The van der Waals surface area contributed by atoms with Gasteiger partial charge >= 0.3 is 6.36 Å². The Labute approximate surface area is 185 Å². The number of nitrogens with zero attached hydrogens (tertiary/aromatic N) is 2. The Morgan fingerprint density at radius 1 is 1.06 bits per heavy atom. The van der Waals surface area contributed by atoms with Crippen LogP contribution in [0.2, 0.25) is 0 Å². The zero-order valence-electron chi connectivity index (χ0n) is 17.6. The van der Waals surface area contributed by atoms with Crippen LogP contribution in [0, 0.1) is 5.92 Å². The van der Waals surface area contributed by atoms with Crippen LogP contribution in [0.5, 0.6) is 5.75 Å². The number of alkyl halides is 3. The first-order valence-electron chi connectivity index (χ1n) is 10.2. The molecule has 2 aromatic rings. The van der Waals surface area contributed by atoms with Crippen molar-refractivity contribution in [1.82, 2.24) is 9.21 Å². The summed E-state index contributed by atoms with van der Waals surface area (Å²) in [5.41, 5.74) is 1.03. The van der Waals surface area contributed by atoms with E-state index in [2.05, 4.69) is 4.74 Å². The highest BCUT2D eigenvalue weighted by Crippen LogP contribution is 2.28. The number of hydrogen-bond donors (Lipinski definition) is 0. The van der Waals surface area contributed by atoms with Crippen LogP contribution in [0.3, 0.4) is 0 Å². The van der Waals surface area contributed by atoms with E-state index in [9.17, 15) is 26.4 Å². The van der Waals surface area contributed by atoms with Crippen LogP contribution in [0.25, 0.3) is 0 Å². The Bertz CT molecular complexity index is 1000. The number of carbonyl (C=O) groups is 1. The van der Waals surface area contributed by atoms with Crippen molar-refractivity contribution in [2.24, 2.45) is 5.92 Å². The molecule has 0 bridgehead atoms. The first-order valence-corrected chi connectivity index (χ1v) is 11.6. The predicted octanol–water partition coefficient (Wildman–Crippen LogP) is 4.03. The molecule has 10 heteroatoms. The topological polar surface area (TPSA) is 66.9 Å². The number of carbonyl (C=O) groups excluding carboxylic acids is 1. The average Bonchev–Trinajstić information content (AvgIpc) is 2.73. The largest absolute Gasteiger partial charge is 0.573 e. The van der Waals surface area contributed by atoms with E-state index in [4.69, 9.17) is 0 Å². The molecule has 2 aromatic carbocycles. The lowest BCUT2D eigenvalue weighted by Gasteiger charge is -2.34. The maximum absolute atomic E-state index is 12.9. The van der Waals surface area contributed by atoms with Crippen LogP contribution >= 0.6 is 0 Å². The van der Waals surface area contributed by atoms with Crippen molar-refractivity contribution in [3.05, 3.63) is 60.2 Å². The molecule has 1 amide bonds. The van der Waals surface area contributed by atoms with Gasteiger partial charge in [0.15, 0.2) is 0 Å². The first kappa shape index (κ1) is 24.1. The van der Waals surface area contributed by atoms with Crippen molar-refractivity contribution in [2.45, 2.75) is 37.6 Å². The Morgan fingerprint density at radius 2 is 1.66 bits per heavy atom. The molecular weight excluding hydrogens is 445 g/mol. The van der Waals surface area contributed by atoms with Gasteiger partial charge in [0, 0.05) is 33.1 Å². The summed E-state index contributed by atoms with van der Waals surface area (Å²) < 4.78 is 67.7. The second kappa shape index (κ2) is 9.91. The van der Waals surface area contributed by atoms with E-state index < -0.39 is 22.1 Å². The molecule has 0 unspecified atom stereocenters. The van der Waals surface area contributed by atoms with Gasteiger partial charge < -0.3 is 9.64 Å². The fourth-order valence-electron chi connectivity index (χ4n) is 3.71. The van der Waals surface area contributed by atoms with Crippen molar-refractivity contribution in [3.8, 4) is 5.75 Å². The van der Waals surface area contributed by atoms with Gasteiger partial charge in [-0.15, -0.1) is 13.2 Å². The number of amides is 1. The standard InChI is InChI=1S/C22H25F3N2O4S/c1-17(28)26(15-18-5-3-2-4-6-18)16-19-11-13-27(14-12-19)32(29,30)21-9-7-20(8-10-21)31-22(23,24)25/h2-10,19H,11-16H2,1H3. The van der Waals surface area contributed by atoms with Crippen LogP contribution in [-0.2, 0) is 21.4 Å². The van der Waals surface area contributed by atoms with E-state index in [1.807, 2.05) is 30.3 Å². The van der Waals surface area contributed by atoms with E-state index in [1.165, 1.54) is 11.2 Å². The molecule has 1 aliphatic rings. The molecule has 6 nitrogen and oxygen atoms in total. The van der Waals surface area contributed by atoms with Gasteiger partial charge in [0.1, 0.15) is 5.75 Å². The van der Waals surface area contributed by atoms with Crippen molar-refractivity contribution in [3.63, 3.8) is 0 Å². The lowest BCUT2D eigenvalue weighted by atomic mass is 9.97. The van der Waals surface area contributed by atoms with Gasteiger partial charge in [-0.1, -0.05) is 30.3 Å². The van der Waals surface area contributed by atoms with Gasteiger partial charge in [0.2, 0.25) is 15.9 Å². The van der Waals surface area contributed by atoms with Gasteiger partial charge in [0.25, 0.3) is 0 Å².